The molecule has 0 amide bonds. The van der Waals surface area contributed by atoms with E-state index in [1.165, 1.54) is 59.9 Å². The SMILES string of the molecule is c1cc(-c2ccc3c(c2)-c2ccccc2C32CCCCC2)cc(-c2nc(-c3ccc4oc5ccccc5c4c3)nc(-c3ccc4oc5ccccc5c4c3)n2)c1. The van der Waals surface area contributed by atoms with E-state index < -0.39 is 0 Å². The van der Waals surface area contributed by atoms with Crippen LogP contribution in [0.2, 0.25) is 0 Å². The van der Waals surface area contributed by atoms with Crippen LogP contribution in [0.15, 0.2) is 160 Å². The van der Waals surface area contributed by atoms with Crippen molar-refractivity contribution < 1.29 is 8.83 Å². The van der Waals surface area contributed by atoms with E-state index in [4.69, 9.17) is 23.8 Å². The Labute approximate surface area is 323 Å². The zero-order valence-electron chi connectivity index (χ0n) is 30.6. The number of aromatic nitrogens is 3. The van der Waals surface area contributed by atoms with Crippen LogP contribution in [0.5, 0.6) is 0 Å². The monoisotopic (exact) mass is 721 g/mol. The minimum absolute atomic E-state index is 0.139. The summed E-state index contributed by atoms with van der Waals surface area (Å²) in [5, 5.41) is 4.19. The molecule has 7 aromatic carbocycles. The molecule has 0 atom stereocenters. The lowest BCUT2D eigenvalue weighted by Gasteiger charge is -2.36. The van der Waals surface area contributed by atoms with Gasteiger partial charge in [-0.2, -0.15) is 0 Å². The Balaban J connectivity index is 1.01. The van der Waals surface area contributed by atoms with Gasteiger partial charge in [0.1, 0.15) is 22.3 Å². The summed E-state index contributed by atoms with van der Waals surface area (Å²) in [7, 11) is 0. The number of rotatable bonds is 4. The number of nitrogens with zero attached hydrogens (tertiary/aromatic N) is 3. The summed E-state index contributed by atoms with van der Waals surface area (Å²) in [5.41, 5.74) is 14.3. The zero-order chi connectivity index (χ0) is 36.8. The van der Waals surface area contributed by atoms with Crippen LogP contribution in [0.1, 0.15) is 43.2 Å². The molecule has 0 saturated heterocycles. The van der Waals surface area contributed by atoms with E-state index in [0.717, 1.165) is 66.1 Å². The van der Waals surface area contributed by atoms with E-state index in [-0.39, 0.29) is 5.41 Å². The lowest BCUT2D eigenvalue weighted by Crippen LogP contribution is -2.27. The Morgan fingerprint density at radius 2 is 0.857 bits per heavy atom. The second kappa shape index (κ2) is 12.1. The Bertz CT molecular complexity index is 3070. The average Bonchev–Trinajstić information content (AvgIpc) is 3.91. The Morgan fingerprint density at radius 1 is 0.357 bits per heavy atom. The molecular formula is C51H35N3O2. The standard InChI is InChI=1S/C51H35N3O2/c1-8-25-51(26-9-1)42-16-5-2-13-36(42)39-28-32(19-22-43(39)51)31-11-10-12-33(27-31)48-52-49(34-20-23-46-40(29-34)37-14-3-6-17-44(37)55-46)54-50(53-48)35-21-24-47-41(30-35)38-15-4-7-18-45(38)56-47/h2-7,10-24,27-30H,1,8-9,25-26H2. The number of furan rings is 2. The summed E-state index contributed by atoms with van der Waals surface area (Å²) in [6, 6.07) is 53.5. The molecule has 12 rings (SSSR count). The zero-order valence-corrected chi connectivity index (χ0v) is 30.6. The molecule has 56 heavy (non-hydrogen) atoms. The second-order valence-corrected chi connectivity index (χ2v) is 15.5. The molecule has 266 valence electrons. The Morgan fingerprint density at radius 3 is 1.52 bits per heavy atom. The van der Waals surface area contributed by atoms with Crippen LogP contribution in [-0.2, 0) is 5.41 Å². The maximum absolute atomic E-state index is 6.17. The molecule has 0 unspecified atom stereocenters. The van der Waals surface area contributed by atoms with Gasteiger partial charge in [0.25, 0.3) is 0 Å². The molecule has 1 saturated carbocycles. The van der Waals surface area contributed by atoms with Gasteiger partial charge in [-0.1, -0.05) is 110 Å². The van der Waals surface area contributed by atoms with Gasteiger partial charge in [-0.15, -0.1) is 0 Å². The molecular weight excluding hydrogens is 687 g/mol. The van der Waals surface area contributed by atoms with Gasteiger partial charge in [-0.3, -0.25) is 0 Å². The summed E-state index contributed by atoms with van der Waals surface area (Å²) >= 11 is 0. The average molecular weight is 722 g/mol. The van der Waals surface area contributed by atoms with Gasteiger partial charge in [0.05, 0.1) is 0 Å². The van der Waals surface area contributed by atoms with Crippen molar-refractivity contribution in [3.05, 3.63) is 163 Å². The van der Waals surface area contributed by atoms with Gasteiger partial charge in [-0.25, -0.2) is 15.0 Å². The fourth-order valence-electron chi connectivity index (χ4n) is 9.67. The van der Waals surface area contributed by atoms with Gasteiger partial charge in [-0.05, 0) is 107 Å². The van der Waals surface area contributed by atoms with Crippen LogP contribution >= 0.6 is 0 Å². The first-order valence-corrected chi connectivity index (χ1v) is 19.6. The summed E-state index contributed by atoms with van der Waals surface area (Å²) in [5.74, 6) is 1.83. The van der Waals surface area contributed by atoms with Crippen LogP contribution in [-0.4, -0.2) is 15.0 Å². The van der Waals surface area contributed by atoms with Crippen LogP contribution in [0.3, 0.4) is 0 Å². The highest BCUT2D eigenvalue weighted by atomic mass is 16.3. The van der Waals surface area contributed by atoms with Crippen molar-refractivity contribution in [1.29, 1.82) is 0 Å². The van der Waals surface area contributed by atoms with Crippen molar-refractivity contribution in [2.75, 3.05) is 0 Å². The number of hydrogen-bond acceptors (Lipinski definition) is 5. The largest absolute Gasteiger partial charge is 0.456 e. The van der Waals surface area contributed by atoms with E-state index in [2.05, 4.69) is 91.0 Å². The molecule has 0 N–H and O–H groups in total. The smallest absolute Gasteiger partial charge is 0.164 e. The first-order valence-electron chi connectivity index (χ1n) is 19.6. The third kappa shape index (κ3) is 4.77. The van der Waals surface area contributed by atoms with Gasteiger partial charge in [0.2, 0.25) is 0 Å². The van der Waals surface area contributed by atoms with Gasteiger partial charge in [0, 0.05) is 43.7 Å². The summed E-state index contributed by atoms with van der Waals surface area (Å²) < 4.78 is 12.3. The minimum atomic E-state index is 0.139. The first kappa shape index (κ1) is 31.5. The molecule has 1 fully saturated rings. The van der Waals surface area contributed by atoms with Gasteiger partial charge < -0.3 is 8.83 Å². The Kier molecular flexibility index (Phi) is 6.79. The predicted octanol–water partition coefficient (Wildman–Crippen LogP) is 13.6. The summed E-state index contributed by atoms with van der Waals surface area (Å²) in [6.45, 7) is 0. The van der Waals surface area contributed by atoms with E-state index in [0.29, 0.717) is 17.5 Å². The predicted molar refractivity (Wildman–Crippen MR) is 225 cm³/mol. The summed E-state index contributed by atoms with van der Waals surface area (Å²) in [4.78, 5) is 15.5. The molecule has 5 nitrogen and oxygen atoms in total. The Hall–Kier alpha value is -6.85. The van der Waals surface area contributed by atoms with Crippen LogP contribution < -0.4 is 0 Å². The highest BCUT2D eigenvalue weighted by molar-refractivity contribution is 6.07. The van der Waals surface area contributed by atoms with Crippen molar-refractivity contribution >= 4 is 43.9 Å². The third-order valence-corrected chi connectivity index (χ3v) is 12.3. The first-order chi connectivity index (χ1) is 27.7. The third-order valence-electron chi connectivity index (χ3n) is 12.3. The van der Waals surface area contributed by atoms with Crippen molar-refractivity contribution in [2.24, 2.45) is 0 Å². The lowest BCUT2D eigenvalue weighted by atomic mass is 9.68. The number of benzene rings is 7. The number of hydrogen-bond donors (Lipinski definition) is 0. The van der Waals surface area contributed by atoms with E-state index in [9.17, 15) is 0 Å². The van der Waals surface area contributed by atoms with Crippen molar-refractivity contribution in [2.45, 2.75) is 37.5 Å². The van der Waals surface area contributed by atoms with Crippen molar-refractivity contribution in [3.63, 3.8) is 0 Å². The van der Waals surface area contributed by atoms with Gasteiger partial charge in [0.15, 0.2) is 17.5 Å². The molecule has 5 heteroatoms. The molecule has 3 heterocycles. The van der Waals surface area contributed by atoms with E-state index in [1.54, 1.807) is 0 Å². The number of fused-ring (bicyclic) bond motifs is 11. The molecule has 0 bridgehead atoms. The second-order valence-electron chi connectivity index (χ2n) is 15.5. The maximum Gasteiger partial charge on any atom is 0.164 e. The molecule has 3 aromatic heterocycles. The van der Waals surface area contributed by atoms with Crippen molar-refractivity contribution in [3.8, 4) is 56.4 Å². The lowest BCUT2D eigenvalue weighted by molar-refractivity contribution is 0.353. The highest BCUT2D eigenvalue weighted by Gasteiger charge is 2.43. The maximum atomic E-state index is 6.17. The molecule has 2 aliphatic carbocycles. The summed E-state index contributed by atoms with van der Waals surface area (Å²) in [6.07, 6.45) is 6.35. The quantitative estimate of drug-likeness (QED) is 0.181. The van der Waals surface area contributed by atoms with E-state index >= 15 is 0 Å². The van der Waals surface area contributed by atoms with Crippen molar-refractivity contribution in [1.82, 2.24) is 15.0 Å². The normalized spacial score (nSPS) is 14.6. The molecule has 10 aromatic rings. The number of para-hydroxylation sites is 2. The minimum Gasteiger partial charge on any atom is -0.456 e. The molecule has 1 spiro atoms. The molecule has 0 radical (unpaired) electrons. The van der Waals surface area contributed by atoms with E-state index in [1.807, 2.05) is 60.7 Å². The molecule has 2 aliphatic rings. The van der Waals surface area contributed by atoms with Crippen LogP contribution in [0, 0.1) is 0 Å². The van der Waals surface area contributed by atoms with Crippen LogP contribution in [0.4, 0.5) is 0 Å². The molecule has 0 aliphatic heterocycles. The van der Waals surface area contributed by atoms with Gasteiger partial charge >= 0.3 is 0 Å². The fourth-order valence-corrected chi connectivity index (χ4v) is 9.67. The fraction of sp³-hybridized carbons (Fsp3) is 0.118. The van der Waals surface area contributed by atoms with Crippen LogP contribution in [0.25, 0.3) is 100 Å². The highest BCUT2D eigenvalue weighted by Crippen LogP contribution is 2.56. The topological polar surface area (TPSA) is 65.0 Å².